The first-order valence-corrected chi connectivity index (χ1v) is 7.06. The number of benzene rings is 1. The molecule has 2 amide bonds. The Morgan fingerprint density at radius 2 is 1.80 bits per heavy atom. The van der Waals surface area contributed by atoms with Gasteiger partial charge in [0.25, 0.3) is 11.8 Å². The van der Waals surface area contributed by atoms with Gasteiger partial charge < -0.3 is 24.9 Å². The lowest BCUT2D eigenvalue weighted by Gasteiger charge is -2.07. The molecule has 2 rings (SSSR count). The first kappa shape index (κ1) is 17.7. The van der Waals surface area contributed by atoms with Crippen LogP contribution in [0.1, 0.15) is 20.9 Å². The Labute approximate surface area is 141 Å². The Morgan fingerprint density at radius 1 is 1.08 bits per heavy atom. The molecule has 2 aromatic rings. The van der Waals surface area contributed by atoms with Gasteiger partial charge in [-0.05, 0) is 36.4 Å². The SMILES string of the molecule is O=C(O)CNC(=O)c1ccc(NC(=O)COC(=O)c2ccco2)cc1. The van der Waals surface area contributed by atoms with E-state index in [1.54, 1.807) is 0 Å². The van der Waals surface area contributed by atoms with Gasteiger partial charge in [0.2, 0.25) is 5.76 Å². The summed E-state index contributed by atoms with van der Waals surface area (Å²) >= 11 is 0. The number of aliphatic carboxylic acids is 1. The maximum absolute atomic E-state index is 11.7. The Bertz CT molecular complexity index is 766. The van der Waals surface area contributed by atoms with Gasteiger partial charge >= 0.3 is 11.9 Å². The molecule has 0 aliphatic carbocycles. The van der Waals surface area contributed by atoms with Crippen molar-refractivity contribution in [1.29, 1.82) is 0 Å². The summed E-state index contributed by atoms with van der Waals surface area (Å²) in [5, 5.41) is 13.2. The summed E-state index contributed by atoms with van der Waals surface area (Å²) in [5.74, 6) is -3.04. The van der Waals surface area contributed by atoms with E-state index in [4.69, 9.17) is 14.3 Å². The predicted molar refractivity (Wildman–Crippen MR) is 84.0 cm³/mol. The Morgan fingerprint density at radius 3 is 2.40 bits per heavy atom. The number of ether oxygens (including phenoxy) is 1. The van der Waals surface area contributed by atoms with Gasteiger partial charge in [-0.1, -0.05) is 0 Å². The van der Waals surface area contributed by atoms with E-state index >= 15 is 0 Å². The third-order valence-corrected chi connectivity index (χ3v) is 2.89. The largest absolute Gasteiger partial charge is 0.480 e. The lowest BCUT2D eigenvalue weighted by Crippen LogP contribution is -2.29. The van der Waals surface area contributed by atoms with Crippen LogP contribution in [0, 0.1) is 0 Å². The fraction of sp³-hybridized carbons (Fsp3) is 0.125. The van der Waals surface area contributed by atoms with Crippen molar-refractivity contribution in [3.05, 3.63) is 54.0 Å². The number of rotatable bonds is 7. The van der Waals surface area contributed by atoms with Crippen molar-refractivity contribution < 1.29 is 33.4 Å². The van der Waals surface area contributed by atoms with Crippen molar-refractivity contribution in [2.75, 3.05) is 18.5 Å². The van der Waals surface area contributed by atoms with Crippen LogP contribution in [0.15, 0.2) is 47.1 Å². The van der Waals surface area contributed by atoms with Crippen molar-refractivity contribution in [2.45, 2.75) is 0 Å². The lowest BCUT2D eigenvalue weighted by molar-refractivity contribution is -0.135. The highest BCUT2D eigenvalue weighted by Gasteiger charge is 2.13. The zero-order valence-corrected chi connectivity index (χ0v) is 12.9. The van der Waals surface area contributed by atoms with E-state index in [0.717, 1.165) is 0 Å². The average Bonchev–Trinajstić information content (AvgIpc) is 3.13. The molecule has 0 fully saturated rings. The Kier molecular flexibility index (Phi) is 5.88. The summed E-state index contributed by atoms with van der Waals surface area (Å²) in [7, 11) is 0. The molecule has 9 nitrogen and oxygen atoms in total. The van der Waals surface area contributed by atoms with Crippen molar-refractivity contribution in [1.82, 2.24) is 5.32 Å². The fourth-order valence-electron chi connectivity index (χ4n) is 1.76. The van der Waals surface area contributed by atoms with Gasteiger partial charge in [0.15, 0.2) is 6.61 Å². The van der Waals surface area contributed by atoms with Crippen LogP contribution in [0.5, 0.6) is 0 Å². The highest BCUT2D eigenvalue weighted by molar-refractivity contribution is 5.97. The van der Waals surface area contributed by atoms with Crippen LogP contribution in [-0.4, -0.2) is 42.0 Å². The molecule has 0 unspecified atom stereocenters. The zero-order chi connectivity index (χ0) is 18.2. The van der Waals surface area contributed by atoms with Gasteiger partial charge in [-0.25, -0.2) is 4.79 Å². The summed E-state index contributed by atoms with van der Waals surface area (Å²) in [6.07, 6.45) is 1.31. The molecule has 0 radical (unpaired) electrons. The second-order valence-electron chi connectivity index (χ2n) is 4.76. The van der Waals surface area contributed by atoms with Crippen LogP contribution >= 0.6 is 0 Å². The topological polar surface area (TPSA) is 135 Å². The van der Waals surface area contributed by atoms with E-state index in [9.17, 15) is 19.2 Å². The van der Waals surface area contributed by atoms with E-state index < -0.39 is 36.9 Å². The molecule has 0 atom stereocenters. The number of anilines is 1. The van der Waals surface area contributed by atoms with Crippen molar-refractivity contribution in [2.24, 2.45) is 0 Å². The van der Waals surface area contributed by atoms with Crippen molar-refractivity contribution in [3.8, 4) is 0 Å². The highest BCUT2D eigenvalue weighted by atomic mass is 16.5. The maximum atomic E-state index is 11.7. The number of carboxylic acids is 1. The molecular weight excluding hydrogens is 332 g/mol. The molecule has 0 aliphatic heterocycles. The molecule has 0 spiro atoms. The fourth-order valence-corrected chi connectivity index (χ4v) is 1.76. The first-order chi connectivity index (χ1) is 12.0. The quantitative estimate of drug-likeness (QED) is 0.634. The number of esters is 1. The summed E-state index contributed by atoms with van der Waals surface area (Å²) in [6, 6.07) is 8.69. The molecule has 130 valence electrons. The Hall–Kier alpha value is -3.62. The Balaban J connectivity index is 1.82. The monoisotopic (exact) mass is 346 g/mol. The van der Waals surface area contributed by atoms with Crippen LogP contribution in [0.4, 0.5) is 5.69 Å². The van der Waals surface area contributed by atoms with E-state index in [1.165, 1.54) is 42.7 Å². The standard InChI is InChI=1S/C16H14N2O7/c19-13(9-25-16(23)12-2-1-7-24-12)18-11-5-3-10(4-6-11)15(22)17-8-14(20)21/h1-7H,8-9H2,(H,17,22)(H,18,19)(H,20,21). The van der Waals surface area contributed by atoms with Gasteiger partial charge in [0.1, 0.15) is 6.54 Å². The van der Waals surface area contributed by atoms with E-state index in [2.05, 4.69) is 10.6 Å². The summed E-state index contributed by atoms with van der Waals surface area (Å²) in [4.78, 5) is 45.3. The minimum absolute atomic E-state index is 0.00970. The normalized spacial score (nSPS) is 9.92. The van der Waals surface area contributed by atoms with Crippen LogP contribution < -0.4 is 10.6 Å². The van der Waals surface area contributed by atoms with Crippen LogP contribution in [0.3, 0.4) is 0 Å². The summed E-state index contributed by atoms with van der Waals surface area (Å²) in [6.45, 7) is -0.987. The van der Waals surface area contributed by atoms with Gasteiger partial charge in [0.05, 0.1) is 6.26 Å². The minimum Gasteiger partial charge on any atom is -0.480 e. The third-order valence-electron chi connectivity index (χ3n) is 2.89. The second-order valence-corrected chi connectivity index (χ2v) is 4.76. The molecule has 9 heteroatoms. The minimum atomic E-state index is -1.15. The molecule has 1 aromatic carbocycles. The number of furan rings is 1. The van der Waals surface area contributed by atoms with Gasteiger partial charge in [0, 0.05) is 11.3 Å². The number of hydrogen-bond acceptors (Lipinski definition) is 6. The molecule has 25 heavy (non-hydrogen) atoms. The number of carboxylic acid groups (broad SMARTS) is 1. The molecule has 3 N–H and O–H groups in total. The molecule has 1 heterocycles. The highest BCUT2D eigenvalue weighted by Crippen LogP contribution is 2.10. The van der Waals surface area contributed by atoms with Gasteiger partial charge in [-0.3, -0.25) is 14.4 Å². The van der Waals surface area contributed by atoms with Crippen LogP contribution in [0.25, 0.3) is 0 Å². The number of hydrogen-bond donors (Lipinski definition) is 3. The van der Waals surface area contributed by atoms with Crippen LogP contribution in [0.2, 0.25) is 0 Å². The number of amides is 2. The van der Waals surface area contributed by atoms with Crippen molar-refractivity contribution in [3.63, 3.8) is 0 Å². The summed E-state index contributed by atoms with van der Waals surface area (Å²) < 4.78 is 9.61. The first-order valence-electron chi connectivity index (χ1n) is 7.06. The zero-order valence-electron chi connectivity index (χ0n) is 12.9. The number of carbonyl (C=O) groups is 4. The molecule has 0 bridgehead atoms. The van der Waals surface area contributed by atoms with Gasteiger partial charge in [-0.15, -0.1) is 0 Å². The molecule has 0 aliphatic rings. The molecular formula is C16H14N2O7. The smallest absolute Gasteiger partial charge is 0.374 e. The number of carbonyl (C=O) groups excluding carboxylic acids is 3. The second kappa shape index (κ2) is 8.29. The predicted octanol–water partition coefficient (Wildman–Crippen LogP) is 0.889. The maximum Gasteiger partial charge on any atom is 0.374 e. The van der Waals surface area contributed by atoms with E-state index in [0.29, 0.717) is 5.69 Å². The van der Waals surface area contributed by atoms with Gasteiger partial charge in [-0.2, -0.15) is 0 Å². The number of nitrogens with one attached hydrogen (secondary N) is 2. The lowest BCUT2D eigenvalue weighted by atomic mass is 10.2. The van der Waals surface area contributed by atoms with Crippen molar-refractivity contribution >= 4 is 29.4 Å². The van der Waals surface area contributed by atoms with E-state index in [-0.39, 0.29) is 11.3 Å². The molecule has 1 aromatic heterocycles. The molecule has 0 saturated carbocycles. The van der Waals surface area contributed by atoms with Crippen LogP contribution in [-0.2, 0) is 14.3 Å². The molecule has 0 saturated heterocycles. The summed E-state index contributed by atoms with van der Waals surface area (Å²) in [5.41, 5.74) is 0.623. The third kappa shape index (κ3) is 5.50. The van der Waals surface area contributed by atoms with E-state index in [1.807, 2.05) is 0 Å². The average molecular weight is 346 g/mol.